The van der Waals surface area contributed by atoms with E-state index in [1.165, 1.54) is 6.20 Å². The molecule has 2 rings (SSSR count). The van der Waals surface area contributed by atoms with Crippen molar-refractivity contribution in [3.63, 3.8) is 0 Å². The maximum absolute atomic E-state index is 10.8. The van der Waals surface area contributed by atoms with Crippen LogP contribution in [0.15, 0.2) is 18.5 Å². The number of hydrogen-bond acceptors (Lipinski definition) is 5. The van der Waals surface area contributed by atoms with Crippen LogP contribution in [0.5, 0.6) is 0 Å². The number of alkyl halides is 3. The number of pyridine rings is 1. The summed E-state index contributed by atoms with van der Waals surface area (Å²) in [4.78, 5) is 23.6. The third kappa shape index (κ3) is 7.52. The van der Waals surface area contributed by atoms with Gasteiger partial charge in [-0.15, -0.1) is 0 Å². The van der Waals surface area contributed by atoms with Gasteiger partial charge in [-0.05, 0) is 30.7 Å². The number of halogens is 3. The molecule has 25 heavy (non-hydrogen) atoms. The molecule has 0 aromatic carbocycles. The van der Waals surface area contributed by atoms with Gasteiger partial charge >= 0.3 is 18.1 Å². The maximum Gasteiger partial charge on any atom is 0.490 e. The van der Waals surface area contributed by atoms with Crippen LogP contribution in [0.4, 0.5) is 18.9 Å². The minimum absolute atomic E-state index is 0.141. The first-order chi connectivity index (χ1) is 11.6. The Morgan fingerprint density at radius 2 is 2.00 bits per heavy atom. The first-order valence-electron chi connectivity index (χ1n) is 7.25. The van der Waals surface area contributed by atoms with Crippen LogP contribution >= 0.6 is 0 Å². The summed E-state index contributed by atoms with van der Waals surface area (Å²) in [7, 11) is 0. The fraction of sp³-hybridized carbons (Fsp3) is 0.467. The van der Waals surface area contributed by atoms with Gasteiger partial charge in [0, 0.05) is 18.9 Å². The molecule has 1 fully saturated rings. The van der Waals surface area contributed by atoms with E-state index in [0.29, 0.717) is 18.0 Å². The lowest BCUT2D eigenvalue weighted by atomic mass is 9.99. The van der Waals surface area contributed by atoms with Crippen molar-refractivity contribution in [3.05, 3.63) is 24.0 Å². The van der Waals surface area contributed by atoms with Crippen LogP contribution in [-0.2, 0) is 9.59 Å². The predicted octanol–water partition coefficient (Wildman–Crippen LogP) is 2.50. The maximum atomic E-state index is 10.8. The van der Waals surface area contributed by atoms with E-state index in [4.69, 9.17) is 20.3 Å². The Kier molecular flexibility index (Phi) is 7.17. The van der Waals surface area contributed by atoms with E-state index < -0.39 is 18.1 Å². The smallest absolute Gasteiger partial charge is 0.481 e. The van der Waals surface area contributed by atoms with Gasteiger partial charge in [-0.2, -0.15) is 18.4 Å². The van der Waals surface area contributed by atoms with E-state index in [2.05, 4.69) is 16.4 Å². The monoisotopic (exact) mass is 359 g/mol. The lowest BCUT2D eigenvalue weighted by Gasteiger charge is -2.16. The van der Waals surface area contributed by atoms with E-state index in [0.717, 1.165) is 18.5 Å². The Hall–Kier alpha value is -2.83. The lowest BCUT2D eigenvalue weighted by molar-refractivity contribution is -0.192. The van der Waals surface area contributed by atoms with Crippen molar-refractivity contribution < 1.29 is 33.0 Å². The number of aliphatic carboxylic acids is 2. The average Bonchev–Trinajstić information content (AvgIpc) is 3.36. The Morgan fingerprint density at radius 1 is 1.40 bits per heavy atom. The van der Waals surface area contributed by atoms with Crippen LogP contribution in [0, 0.1) is 23.2 Å². The van der Waals surface area contributed by atoms with Crippen molar-refractivity contribution in [1.29, 1.82) is 5.26 Å². The molecule has 7 nitrogen and oxygen atoms in total. The molecule has 0 aliphatic heterocycles. The molecule has 10 heteroatoms. The van der Waals surface area contributed by atoms with Crippen LogP contribution in [0.1, 0.15) is 24.8 Å². The van der Waals surface area contributed by atoms with Gasteiger partial charge in [0.25, 0.3) is 0 Å². The van der Waals surface area contributed by atoms with Crippen LogP contribution in [0.25, 0.3) is 0 Å². The van der Waals surface area contributed by atoms with Crippen LogP contribution in [-0.4, -0.2) is 39.9 Å². The topological polar surface area (TPSA) is 123 Å². The Morgan fingerprint density at radius 3 is 2.44 bits per heavy atom. The van der Waals surface area contributed by atoms with E-state index in [1.54, 1.807) is 12.3 Å². The number of rotatable bonds is 6. The summed E-state index contributed by atoms with van der Waals surface area (Å²) in [5, 5.41) is 28.1. The highest BCUT2D eigenvalue weighted by molar-refractivity contribution is 5.73. The highest BCUT2D eigenvalue weighted by Gasteiger charge is 2.38. The molecule has 1 heterocycles. The molecule has 0 spiro atoms. The number of nitriles is 1. The van der Waals surface area contributed by atoms with Crippen LogP contribution < -0.4 is 5.32 Å². The predicted molar refractivity (Wildman–Crippen MR) is 79.6 cm³/mol. The van der Waals surface area contributed by atoms with Crippen molar-refractivity contribution in [2.24, 2.45) is 11.8 Å². The molecule has 3 N–H and O–H groups in total. The Bertz CT molecular complexity index is 654. The third-order valence-corrected chi connectivity index (χ3v) is 3.46. The quantitative estimate of drug-likeness (QED) is 0.713. The minimum Gasteiger partial charge on any atom is -0.481 e. The van der Waals surface area contributed by atoms with E-state index in [-0.39, 0.29) is 12.3 Å². The fourth-order valence-electron chi connectivity index (χ4n) is 2.08. The molecule has 1 aromatic heterocycles. The number of hydrogen-bond donors (Lipinski definition) is 3. The minimum atomic E-state index is -5.08. The van der Waals surface area contributed by atoms with Crippen molar-refractivity contribution in [2.75, 3.05) is 11.9 Å². The van der Waals surface area contributed by atoms with Crippen LogP contribution in [0.3, 0.4) is 0 Å². The van der Waals surface area contributed by atoms with Gasteiger partial charge in [-0.3, -0.25) is 9.78 Å². The van der Waals surface area contributed by atoms with Crippen molar-refractivity contribution in [3.8, 4) is 6.07 Å². The van der Waals surface area contributed by atoms with Gasteiger partial charge in [0.15, 0.2) is 0 Å². The molecule has 0 amide bonds. The summed E-state index contributed by atoms with van der Waals surface area (Å²) < 4.78 is 31.7. The number of nitrogens with one attached hydrogen (secondary N) is 1. The molecule has 0 radical (unpaired) electrons. The summed E-state index contributed by atoms with van der Waals surface area (Å²) in [6.07, 6.45) is 0.449. The van der Waals surface area contributed by atoms with Gasteiger partial charge in [0.2, 0.25) is 0 Å². The molecule has 1 aliphatic rings. The summed E-state index contributed by atoms with van der Waals surface area (Å²) in [5.74, 6) is -2.86. The standard InChI is InChI=1S/C13H15N3O2.C2HF3O2/c14-6-11-7-15-4-3-12(11)16-8-10(5-13(17)18)9-1-2-9;3-2(4,5)1(6)7/h3-4,7,9-10H,1-2,5,8H2,(H,15,16)(H,17,18);(H,6,7). The van der Waals surface area contributed by atoms with Crippen molar-refractivity contribution in [2.45, 2.75) is 25.4 Å². The second-order valence-corrected chi connectivity index (χ2v) is 5.41. The number of carbonyl (C=O) groups is 2. The molecule has 0 bridgehead atoms. The molecule has 136 valence electrons. The molecule has 1 aliphatic carbocycles. The first kappa shape index (κ1) is 20.2. The SMILES string of the molecule is N#Cc1cnccc1NCC(CC(=O)O)C1CC1.O=C(O)C(F)(F)F. The van der Waals surface area contributed by atoms with Crippen LogP contribution in [0.2, 0.25) is 0 Å². The average molecular weight is 359 g/mol. The number of aromatic nitrogens is 1. The zero-order valence-corrected chi connectivity index (χ0v) is 13.0. The normalized spacial score (nSPS) is 14.5. The summed E-state index contributed by atoms with van der Waals surface area (Å²) in [6.45, 7) is 0.593. The third-order valence-electron chi connectivity index (χ3n) is 3.46. The summed E-state index contributed by atoms with van der Waals surface area (Å²) >= 11 is 0. The zero-order valence-electron chi connectivity index (χ0n) is 13.0. The molecule has 1 atom stereocenters. The highest BCUT2D eigenvalue weighted by Crippen LogP contribution is 2.38. The number of nitrogens with zero attached hydrogens (tertiary/aromatic N) is 2. The number of carboxylic acids is 2. The second kappa shape index (κ2) is 8.86. The Labute approximate surface area is 141 Å². The van der Waals surface area contributed by atoms with Crippen molar-refractivity contribution in [1.82, 2.24) is 4.98 Å². The number of carboxylic acid groups (broad SMARTS) is 2. The molecular formula is C15H16F3N3O4. The highest BCUT2D eigenvalue weighted by atomic mass is 19.4. The van der Waals surface area contributed by atoms with E-state index >= 15 is 0 Å². The van der Waals surface area contributed by atoms with Gasteiger partial charge in [-0.25, -0.2) is 4.79 Å². The van der Waals surface area contributed by atoms with Gasteiger partial charge < -0.3 is 15.5 Å². The molecule has 0 saturated heterocycles. The fourth-order valence-corrected chi connectivity index (χ4v) is 2.08. The van der Waals surface area contributed by atoms with E-state index in [9.17, 15) is 18.0 Å². The molecular weight excluding hydrogens is 343 g/mol. The van der Waals surface area contributed by atoms with Gasteiger partial charge in [0.05, 0.1) is 17.7 Å². The summed E-state index contributed by atoms with van der Waals surface area (Å²) in [6, 6.07) is 3.80. The van der Waals surface area contributed by atoms with Crippen molar-refractivity contribution >= 4 is 17.6 Å². The second-order valence-electron chi connectivity index (χ2n) is 5.41. The van der Waals surface area contributed by atoms with Gasteiger partial charge in [-0.1, -0.05) is 0 Å². The largest absolute Gasteiger partial charge is 0.490 e. The van der Waals surface area contributed by atoms with Gasteiger partial charge in [0.1, 0.15) is 6.07 Å². The molecule has 1 aromatic rings. The first-order valence-corrected chi connectivity index (χ1v) is 7.25. The Balaban J connectivity index is 0.000000381. The lowest BCUT2D eigenvalue weighted by Crippen LogP contribution is -2.21. The zero-order chi connectivity index (χ0) is 19.0. The molecule has 1 unspecified atom stereocenters. The number of anilines is 1. The van der Waals surface area contributed by atoms with E-state index in [1.807, 2.05) is 0 Å². The molecule has 1 saturated carbocycles. The summed E-state index contributed by atoms with van der Waals surface area (Å²) in [5.41, 5.74) is 1.21.